The summed E-state index contributed by atoms with van der Waals surface area (Å²) >= 11 is 0. The van der Waals surface area contributed by atoms with Crippen LogP contribution in [-0.4, -0.2) is 50.7 Å². The van der Waals surface area contributed by atoms with Crippen LogP contribution in [0.4, 0.5) is 4.79 Å². The molecule has 1 saturated heterocycles. The van der Waals surface area contributed by atoms with Crippen molar-refractivity contribution in [3.8, 4) is 5.75 Å². The average Bonchev–Trinajstić information content (AvgIpc) is 3.56. The van der Waals surface area contributed by atoms with Crippen LogP contribution in [-0.2, 0) is 14.8 Å². The molecule has 1 aromatic carbocycles. The fourth-order valence-corrected chi connectivity index (χ4v) is 5.00. The van der Waals surface area contributed by atoms with Crippen molar-refractivity contribution in [2.75, 3.05) is 25.4 Å². The van der Waals surface area contributed by atoms with Gasteiger partial charge in [-0.15, -0.1) is 0 Å². The van der Waals surface area contributed by atoms with E-state index >= 15 is 0 Å². The predicted octanol–water partition coefficient (Wildman–Crippen LogP) is 2.96. The zero-order valence-corrected chi connectivity index (χ0v) is 19.0. The van der Waals surface area contributed by atoms with Crippen LogP contribution in [0.1, 0.15) is 63.5 Å². The number of nitrogens with one attached hydrogen (secondary N) is 2. The Kier molecular flexibility index (Phi) is 8.31. The van der Waals surface area contributed by atoms with Crippen molar-refractivity contribution in [3.05, 3.63) is 29.8 Å². The third-order valence-corrected chi connectivity index (χ3v) is 7.13. The lowest BCUT2D eigenvalue weighted by Crippen LogP contribution is -2.49. The molecule has 3 amide bonds. The number of benzene rings is 1. The number of ether oxygens (including phenoxy) is 1. The predicted molar refractivity (Wildman–Crippen MR) is 118 cm³/mol. The first-order valence-electron chi connectivity index (χ1n) is 11.2. The lowest BCUT2D eigenvalue weighted by atomic mass is 10.1. The highest BCUT2D eigenvalue weighted by molar-refractivity contribution is 7.89. The molecule has 2 N–H and O–H groups in total. The number of rotatable bonds is 13. The number of sulfonamides is 1. The summed E-state index contributed by atoms with van der Waals surface area (Å²) in [5, 5.41) is 2.29. The van der Waals surface area contributed by atoms with Crippen LogP contribution in [0.25, 0.3) is 0 Å². The van der Waals surface area contributed by atoms with Gasteiger partial charge in [-0.1, -0.05) is 25.5 Å². The maximum absolute atomic E-state index is 12.6. The number of hydrogen-bond donors (Lipinski definition) is 2. The molecule has 31 heavy (non-hydrogen) atoms. The summed E-state index contributed by atoms with van der Waals surface area (Å²) in [6.07, 6.45) is 5.33. The monoisotopic (exact) mass is 451 g/mol. The summed E-state index contributed by atoms with van der Waals surface area (Å²) in [4.78, 5) is 24.5. The Morgan fingerprint density at radius 1 is 1.23 bits per heavy atom. The number of carbonyl (C=O) groups is 2. The Morgan fingerprint density at radius 2 is 2.03 bits per heavy atom. The van der Waals surface area contributed by atoms with Gasteiger partial charge in [0.05, 0.1) is 12.4 Å². The normalized spacial score (nSPS) is 18.0. The average molecular weight is 452 g/mol. The summed E-state index contributed by atoms with van der Waals surface area (Å²) in [7, 11) is -3.42. The minimum atomic E-state index is -3.42. The van der Waals surface area contributed by atoms with Gasteiger partial charge in [0.15, 0.2) is 0 Å². The third kappa shape index (κ3) is 7.81. The zero-order chi connectivity index (χ0) is 22.3. The SMILES string of the molecule is CC[C@@H](NS(=O)(=O)CCCCCN1CCC(=O)NC1=O)c1cccc(OCC2CC2)c1. The first kappa shape index (κ1) is 23.5. The maximum Gasteiger partial charge on any atom is 0.324 e. The zero-order valence-electron chi connectivity index (χ0n) is 18.1. The van der Waals surface area contributed by atoms with Crippen molar-refractivity contribution in [2.45, 2.75) is 57.9 Å². The van der Waals surface area contributed by atoms with E-state index in [1.165, 1.54) is 12.8 Å². The minimum absolute atomic E-state index is 0.0477. The Hall–Kier alpha value is -2.13. The van der Waals surface area contributed by atoms with Crippen LogP contribution in [0, 0.1) is 5.92 Å². The van der Waals surface area contributed by atoms with E-state index in [4.69, 9.17) is 4.74 Å². The number of imide groups is 1. The van der Waals surface area contributed by atoms with Gasteiger partial charge in [-0.3, -0.25) is 10.1 Å². The summed E-state index contributed by atoms with van der Waals surface area (Å²) in [5.41, 5.74) is 0.907. The highest BCUT2D eigenvalue weighted by atomic mass is 32.2. The number of hydrogen-bond acceptors (Lipinski definition) is 5. The molecule has 0 bridgehead atoms. The van der Waals surface area contributed by atoms with Gasteiger partial charge in [0.2, 0.25) is 15.9 Å². The van der Waals surface area contributed by atoms with Crippen LogP contribution in [0.3, 0.4) is 0 Å². The molecule has 0 radical (unpaired) electrons. The summed E-state index contributed by atoms with van der Waals surface area (Å²) < 4.78 is 33.8. The Labute approximate surface area is 184 Å². The minimum Gasteiger partial charge on any atom is -0.493 e. The van der Waals surface area contributed by atoms with Gasteiger partial charge in [-0.05, 0) is 55.7 Å². The topological polar surface area (TPSA) is 105 Å². The molecule has 1 aromatic rings. The van der Waals surface area contributed by atoms with Crippen molar-refractivity contribution in [3.63, 3.8) is 0 Å². The summed E-state index contributed by atoms with van der Waals surface area (Å²) in [5.74, 6) is 1.25. The molecule has 2 aliphatic rings. The highest BCUT2D eigenvalue weighted by Gasteiger charge is 2.23. The molecule has 1 saturated carbocycles. The fourth-order valence-electron chi connectivity index (χ4n) is 3.57. The standard InChI is InChI=1S/C22H33N3O5S/c1-2-20(18-7-6-8-19(15-18)30-16-17-9-10-17)24-31(28,29)14-5-3-4-12-25-13-11-21(26)23-22(25)27/h6-8,15,17,20,24H,2-5,9-14,16H2,1H3,(H,23,26,27)/t20-/m1/s1. The molecule has 0 unspecified atom stereocenters. The highest BCUT2D eigenvalue weighted by Crippen LogP contribution is 2.30. The second-order valence-electron chi connectivity index (χ2n) is 8.38. The smallest absolute Gasteiger partial charge is 0.324 e. The summed E-state index contributed by atoms with van der Waals surface area (Å²) in [6.45, 7) is 3.63. The maximum atomic E-state index is 12.6. The van der Waals surface area contributed by atoms with Gasteiger partial charge < -0.3 is 9.64 Å². The van der Waals surface area contributed by atoms with Gasteiger partial charge >= 0.3 is 6.03 Å². The van der Waals surface area contributed by atoms with Crippen molar-refractivity contribution in [1.29, 1.82) is 0 Å². The second kappa shape index (κ2) is 10.9. The number of carbonyl (C=O) groups excluding carboxylic acids is 2. The van der Waals surface area contributed by atoms with E-state index in [9.17, 15) is 18.0 Å². The molecule has 0 spiro atoms. The van der Waals surface area contributed by atoms with Crippen LogP contribution in [0.2, 0.25) is 0 Å². The fraction of sp³-hybridized carbons (Fsp3) is 0.636. The van der Waals surface area contributed by atoms with Crippen molar-refractivity contribution >= 4 is 22.0 Å². The molecule has 1 heterocycles. The largest absolute Gasteiger partial charge is 0.493 e. The van der Waals surface area contributed by atoms with E-state index < -0.39 is 10.0 Å². The van der Waals surface area contributed by atoms with E-state index in [2.05, 4.69) is 10.0 Å². The van der Waals surface area contributed by atoms with Gasteiger partial charge in [0.1, 0.15) is 5.75 Å². The first-order valence-corrected chi connectivity index (χ1v) is 12.8. The number of unbranched alkanes of at least 4 members (excludes halogenated alkanes) is 2. The molecular weight excluding hydrogens is 418 g/mol. The molecule has 3 rings (SSSR count). The lowest BCUT2D eigenvalue weighted by molar-refractivity contribution is -0.121. The molecule has 9 heteroatoms. The van der Waals surface area contributed by atoms with E-state index in [1.807, 2.05) is 31.2 Å². The van der Waals surface area contributed by atoms with Crippen molar-refractivity contribution in [2.24, 2.45) is 5.92 Å². The molecule has 172 valence electrons. The van der Waals surface area contributed by atoms with E-state index in [-0.39, 0.29) is 23.7 Å². The lowest BCUT2D eigenvalue weighted by Gasteiger charge is -2.26. The molecular formula is C22H33N3O5S. The molecule has 1 atom stereocenters. The van der Waals surface area contributed by atoms with Crippen LogP contribution >= 0.6 is 0 Å². The van der Waals surface area contributed by atoms with Crippen molar-refractivity contribution in [1.82, 2.24) is 14.9 Å². The van der Waals surface area contributed by atoms with Gasteiger partial charge in [0, 0.05) is 25.6 Å². The number of amides is 3. The molecule has 1 aliphatic heterocycles. The van der Waals surface area contributed by atoms with Crippen LogP contribution < -0.4 is 14.8 Å². The van der Waals surface area contributed by atoms with Crippen LogP contribution in [0.5, 0.6) is 5.75 Å². The Bertz CT molecular complexity index is 870. The van der Waals surface area contributed by atoms with E-state index in [0.29, 0.717) is 51.1 Å². The van der Waals surface area contributed by atoms with Gasteiger partial charge in [-0.2, -0.15) is 0 Å². The number of nitrogens with zero attached hydrogens (tertiary/aromatic N) is 1. The Morgan fingerprint density at radius 3 is 2.74 bits per heavy atom. The first-order chi connectivity index (χ1) is 14.9. The number of urea groups is 1. The van der Waals surface area contributed by atoms with Gasteiger partial charge in [0.25, 0.3) is 0 Å². The van der Waals surface area contributed by atoms with E-state index in [0.717, 1.165) is 17.9 Å². The molecule has 1 aliphatic carbocycles. The third-order valence-electron chi connectivity index (χ3n) is 5.66. The Balaban J connectivity index is 1.41. The van der Waals surface area contributed by atoms with E-state index in [1.54, 1.807) is 4.90 Å². The summed E-state index contributed by atoms with van der Waals surface area (Å²) in [6, 6.07) is 7.01. The molecule has 8 nitrogen and oxygen atoms in total. The van der Waals surface area contributed by atoms with Gasteiger partial charge in [-0.25, -0.2) is 17.9 Å². The second-order valence-corrected chi connectivity index (χ2v) is 10.2. The molecule has 2 fully saturated rings. The molecule has 0 aromatic heterocycles. The quantitative estimate of drug-likeness (QED) is 0.449. The van der Waals surface area contributed by atoms with Crippen molar-refractivity contribution < 1.29 is 22.7 Å². The van der Waals surface area contributed by atoms with Crippen LogP contribution in [0.15, 0.2) is 24.3 Å².